The summed E-state index contributed by atoms with van der Waals surface area (Å²) in [5.74, 6) is 2.26. The molecule has 148 valence electrons. The quantitative estimate of drug-likeness (QED) is 0.528. The lowest BCUT2D eigenvalue weighted by molar-refractivity contribution is 0.297. The van der Waals surface area contributed by atoms with Crippen LogP contribution in [-0.4, -0.2) is 35.0 Å². The van der Waals surface area contributed by atoms with Gasteiger partial charge in [0.05, 0.1) is 31.1 Å². The fourth-order valence-corrected chi connectivity index (χ4v) is 3.53. The van der Waals surface area contributed by atoms with Crippen LogP contribution in [0.1, 0.15) is 24.3 Å². The van der Waals surface area contributed by atoms with Gasteiger partial charge in [-0.25, -0.2) is 9.67 Å². The summed E-state index contributed by atoms with van der Waals surface area (Å²) in [4.78, 5) is 4.63. The molecule has 0 unspecified atom stereocenters. The number of para-hydroxylation sites is 1. The molecule has 2 heterocycles. The van der Waals surface area contributed by atoms with Crippen LogP contribution >= 0.6 is 0 Å². The van der Waals surface area contributed by atoms with E-state index in [1.807, 2.05) is 59.4 Å². The minimum Gasteiger partial charge on any atom is -0.490 e. The number of hydrogen-bond donors (Lipinski definition) is 2. The monoisotopic (exact) mass is 389 g/mol. The third-order valence-corrected chi connectivity index (χ3v) is 5.13. The first-order valence-corrected chi connectivity index (χ1v) is 9.86. The Hall–Kier alpha value is -3.48. The van der Waals surface area contributed by atoms with E-state index < -0.39 is 0 Å². The van der Waals surface area contributed by atoms with Crippen molar-refractivity contribution in [1.29, 1.82) is 0 Å². The summed E-state index contributed by atoms with van der Waals surface area (Å²) in [6, 6.07) is 16.0. The van der Waals surface area contributed by atoms with E-state index in [0.717, 1.165) is 35.7 Å². The number of fused-ring (bicyclic) bond motifs is 1. The van der Waals surface area contributed by atoms with E-state index in [2.05, 4.69) is 21.6 Å². The van der Waals surface area contributed by atoms with Crippen LogP contribution in [0.25, 0.3) is 5.69 Å². The maximum Gasteiger partial charge on any atom is 0.193 e. The van der Waals surface area contributed by atoms with E-state index >= 15 is 0 Å². The molecule has 0 radical (unpaired) electrons. The third kappa shape index (κ3) is 3.89. The highest BCUT2D eigenvalue weighted by Crippen LogP contribution is 2.43. The van der Waals surface area contributed by atoms with Gasteiger partial charge in [-0.1, -0.05) is 18.2 Å². The average Bonchev–Trinajstić information content (AvgIpc) is 3.39. The fraction of sp³-hybridized carbons (Fsp3) is 0.273. The number of guanidine groups is 1. The standard InChI is InChI=1S/C22H23N5O2/c23-22(25-16-7-8-20-21(11-16)29-10-4-9-28-20)26-19-12-18(19)15-13-24-27(14-15)17-5-2-1-3-6-17/h1-3,5-8,11,13-14,18-19H,4,9-10,12H2,(H3,23,25,26)/t18-,19+/m0/s1. The van der Waals surface area contributed by atoms with Crippen LogP contribution in [0.15, 0.2) is 65.9 Å². The van der Waals surface area contributed by atoms with E-state index in [9.17, 15) is 0 Å². The summed E-state index contributed by atoms with van der Waals surface area (Å²) in [6.45, 7) is 1.33. The number of nitrogens with one attached hydrogen (secondary N) is 1. The highest BCUT2D eigenvalue weighted by atomic mass is 16.5. The van der Waals surface area contributed by atoms with Crippen molar-refractivity contribution in [2.24, 2.45) is 10.7 Å². The SMILES string of the molecule is NC(=N[C@@H]1C[C@H]1c1cnn(-c2ccccc2)c1)Nc1ccc2c(c1)OCCCO2. The smallest absolute Gasteiger partial charge is 0.193 e. The number of hydrogen-bond acceptors (Lipinski definition) is 4. The van der Waals surface area contributed by atoms with Crippen molar-refractivity contribution >= 4 is 11.6 Å². The van der Waals surface area contributed by atoms with Gasteiger partial charge in [0.15, 0.2) is 17.5 Å². The maximum absolute atomic E-state index is 6.14. The molecule has 7 heteroatoms. The van der Waals surface area contributed by atoms with Crippen LogP contribution in [0.5, 0.6) is 11.5 Å². The molecule has 1 aliphatic heterocycles. The molecule has 2 aliphatic rings. The molecule has 1 saturated carbocycles. The molecule has 7 nitrogen and oxygen atoms in total. The molecule has 3 aromatic rings. The number of aromatic nitrogens is 2. The predicted octanol–water partition coefficient (Wildman–Crippen LogP) is 3.32. The molecule has 2 atom stereocenters. The summed E-state index contributed by atoms with van der Waals surface area (Å²) >= 11 is 0. The minimum absolute atomic E-state index is 0.177. The molecule has 1 fully saturated rings. The van der Waals surface area contributed by atoms with Gasteiger partial charge in [-0.15, -0.1) is 0 Å². The second kappa shape index (κ2) is 7.50. The number of anilines is 1. The first-order valence-electron chi connectivity index (χ1n) is 9.86. The highest BCUT2D eigenvalue weighted by molar-refractivity contribution is 5.92. The highest BCUT2D eigenvalue weighted by Gasteiger charge is 2.39. The van der Waals surface area contributed by atoms with Gasteiger partial charge in [0.1, 0.15) is 0 Å². The lowest BCUT2D eigenvalue weighted by Crippen LogP contribution is -2.23. The minimum atomic E-state index is 0.177. The van der Waals surface area contributed by atoms with Gasteiger partial charge >= 0.3 is 0 Å². The number of benzene rings is 2. The first-order chi connectivity index (χ1) is 14.3. The van der Waals surface area contributed by atoms with E-state index in [0.29, 0.717) is 25.1 Å². The normalized spacial score (nSPS) is 20.8. The van der Waals surface area contributed by atoms with Gasteiger partial charge in [0.2, 0.25) is 0 Å². The number of aliphatic imine (C=N–C) groups is 1. The van der Waals surface area contributed by atoms with Crippen molar-refractivity contribution in [1.82, 2.24) is 9.78 Å². The van der Waals surface area contributed by atoms with Crippen LogP contribution in [0.2, 0.25) is 0 Å². The molecule has 5 rings (SSSR count). The van der Waals surface area contributed by atoms with Crippen molar-refractivity contribution in [2.45, 2.75) is 24.8 Å². The van der Waals surface area contributed by atoms with Crippen LogP contribution in [0.3, 0.4) is 0 Å². The van der Waals surface area contributed by atoms with Gasteiger partial charge in [-0.05, 0) is 36.2 Å². The van der Waals surface area contributed by atoms with E-state index in [-0.39, 0.29) is 6.04 Å². The zero-order valence-corrected chi connectivity index (χ0v) is 16.0. The molecular formula is C22H23N5O2. The van der Waals surface area contributed by atoms with Crippen molar-refractivity contribution < 1.29 is 9.47 Å². The summed E-state index contributed by atoms with van der Waals surface area (Å²) in [6.07, 6.45) is 5.85. The van der Waals surface area contributed by atoms with Gasteiger partial charge < -0.3 is 20.5 Å². The van der Waals surface area contributed by atoms with E-state index in [4.69, 9.17) is 15.2 Å². The maximum atomic E-state index is 6.14. The zero-order valence-electron chi connectivity index (χ0n) is 16.0. The fourth-order valence-electron chi connectivity index (χ4n) is 3.53. The number of rotatable bonds is 4. The Morgan fingerprint density at radius 1 is 1.10 bits per heavy atom. The second-order valence-corrected chi connectivity index (χ2v) is 7.31. The molecule has 0 amide bonds. The van der Waals surface area contributed by atoms with Crippen molar-refractivity contribution in [2.75, 3.05) is 18.5 Å². The van der Waals surface area contributed by atoms with E-state index in [1.54, 1.807) is 0 Å². The Bertz CT molecular complexity index is 1030. The zero-order chi connectivity index (χ0) is 19.6. The summed E-state index contributed by atoms with van der Waals surface area (Å²) in [5.41, 5.74) is 9.21. The summed E-state index contributed by atoms with van der Waals surface area (Å²) in [5, 5.41) is 7.63. The first kappa shape index (κ1) is 17.6. The third-order valence-electron chi connectivity index (χ3n) is 5.13. The largest absolute Gasteiger partial charge is 0.490 e. The van der Waals surface area contributed by atoms with Gasteiger partial charge in [0, 0.05) is 30.3 Å². The van der Waals surface area contributed by atoms with Gasteiger partial charge in [-0.3, -0.25) is 0 Å². The number of nitrogens with two attached hydrogens (primary N) is 1. The summed E-state index contributed by atoms with van der Waals surface area (Å²) in [7, 11) is 0. The molecule has 0 bridgehead atoms. The Labute approximate surface area is 169 Å². The molecule has 2 aromatic carbocycles. The van der Waals surface area contributed by atoms with Crippen molar-refractivity contribution in [3.8, 4) is 17.2 Å². The van der Waals surface area contributed by atoms with Gasteiger partial charge in [-0.2, -0.15) is 5.10 Å². The molecule has 0 spiro atoms. The number of nitrogens with zero attached hydrogens (tertiary/aromatic N) is 3. The second-order valence-electron chi connectivity index (χ2n) is 7.31. The van der Waals surface area contributed by atoms with Crippen molar-refractivity contribution in [3.05, 3.63) is 66.5 Å². The average molecular weight is 389 g/mol. The van der Waals surface area contributed by atoms with Gasteiger partial charge in [0.25, 0.3) is 0 Å². The van der Waals surface area contributed by atoms with Crippen LogP contribution in [0.4, 0.5) is 5.69 Å². The van der Waals surface area contributed by atoms with E-state index in [1.165, 1.54) is 5.56 Å². The lowest BCUT2D eigenvalue weighted by Gasteiger charge is -2.10. The Balaban J connectivity index is 1.23. The molecule has 1 aliphatic carbocycles. The predicted molar refractivity (Wildman–Crippen MR) is 112 cm³/mol. The molecule has 29 heavy (non-hydrogen) atoms. The van der Waals surface area contributed by atoms with Crippen LogP contribution in [0, 0.1) is 0 Å². The lowest BCUT2D eigenvalue weighted by atomic mass is 10.2. The van der Waals surface area contributed by atoms with Crippen molar-refractivity contribution in [3.63, 3.8) is 0 Å². The Kier molecular flexibility index (Phi) is 4.56. The summed E-state index contributed by atoms with van der Waals surface area (Å²) < 4.78 is 13.3. The molecule has 3 N–H and O–H groups in total. The molecule has 0 saturated heterocycles. The topological polar surface area (TPSA) is 86.7 Å². The molecule has 1 aromatic heterocycles. The van der Waals surface area contributed by atoms with Crippen LogP contribution in [-0.2, 0) is 0 Å². The Morgan fingerprint density at radius 3 is 2.79 bits per heavy atom. The van der Waals surface area contributed by atoms with Crippen LogP contribution < -0.4 is 20.5 Å². The molecular weight excluding hydrogens is 366 g/mol. The number of ether oxygens (including phenoxy) is 2. The Morgan fingerprint density at radius 2 is 1.93 bits per heavy atom.